The number of hydrogen-bond acceptors (Lipinski definition) is 7. The van der Waals surface area contributed by atoms with Crippen LogP contribution in [0.2, 0.25) is 0 Å². The minimum atomic E-state index is -5.08. The molecular formula is C42H45F6N5O7. The molecule has 2 aliphatic rings. The number of hydrogen-bond donors (Lipinski definition) is 6. The van der Waals surface area contributed by atoms with Gasteiger partial charge in [-0.05, 0) is 72.5 Å². The van der Waals surface area contributed by atoms with Gasteiger partial charge < -0.3 is 36.5 Å². The van der Waals surface area contributed by atoms with Gasteiger partial charge in [-0.2, -0.15) is 26.3 Å². The van der Waals surface area contributed by atoms with Crippen LogP contribution in [0.5, 0.6) is 0 Å². The number of aromatic nitrogens is 1. The van der Waals surface area contributed by atoms with E-state index in [0.717, 1.165) is 54.4 Å². The lowest BCUT2D eigenvalue weighted by Gasteiger charge is -2.28. The van der Waals surface area contributed by atoms with Crippen LogP contribution in [0.1, 0.15) is 80.4 Å². The van der Waals surface area contributed by atoms with Gasteiger partial charge in [0.05, 0.1) is 11.1 Å². The van der Waals surface area contributed by atoms with E-state index in [4.69, 9.17) is 20.4 Å². The quantitative estimate of drug-likeness (QED) is 0.0585. The highest BCUT2D eigenvalue weighted by Gasteiger charge is 2.38. The molecule has 1 fully saturated rings. The van der Waals surface area contributed by atoms with Crippen LogP contribution in [0.4, 0.5) is 36.8 Å². The maximum Gasteiger partial charge on any atom is 0.490 e. The van der Waals surface area contributed by atoms with E-state index in [1.165, 1.54) is 18.2 Å². The number of unbranched alkanes of at least 4 members (excludes halogenated alkanes) is 1. The first-order valence-electron chi connectivity index (χ1n) is 19.4. The van der Waals surface area contributed by atoms with Crippen LogP contribution >= 0.6 is 0 Å². The summed E-state index contributed by atoms with van der Waals surface area (Å²) in [6, 6.07) is 18.2. The highest BCUT2D eigenvalue weighted by Crippen LogP contribution is 2.44. The Morgan fingerprint density at radius 1 is 0.817 bits per heavy atom. The van der Waals surface area contributed by atoms with Gasteiger partial charge in [0.1, 0.15) is 18.7 Å². The van der Waals surface area contributed by atoms with E-state index in [0.29, 0.717) is 31.9 Å². The van der Waals surface area contributed by atoms with Crippen LogP contribution in [-0.2, 0) is 25.3 Å². The fraction of sp³-hybridized carbons (Fsp3) is 0.405. The average Bonchev–Trinajstić information content (AvgIpc) is 3.52. The standard InChI is InChI=1S/C40H44F3N5O5.C2HF3O2/c41-40(42,43)32-22-36(49)46-34-21-25(17-18-30(32)34)45-37(50)33(16-8-9-19-44)47-38(51)35(20-24-10-2-1-3-11-24)48-39(52)53-23-31-28-14-6-4-12-26(28)27-13-5-7-15-29(27)31;3-2(4,5)1(6)7/h4-7,12-15,17-18,21-22,24,31,33,35H,1-3,8-11,16,19-20,23,44H2,(H,45,50)(H,46,49)(H,47,51)(H,48,52);(H,6,7)/t33-,35-;/m0./s1. The first kappa shape index (κ1) is 45.2. The molecule has 6 rings (SSSR count). The third-order valence-electron chi connectivity index (χ3n) is 10.5. The Hall–Kier alpha value is -5.91. The number of nitrogens with two attached hydrogens (primary N) is 1. The van der Waals surface area contributed by atoms with Crippen LogP contribution in [0.25, 0.3) is 22.0 Å². The molecule has 322 valence electrons. The molecule has 0 unspecified atom stereocenters. The van der Waals surface area contributed by atoms with Crippen molar-refractivity contribution < 1.29 is 55.4 Å². The number of pyridine rings is 1. The molecule has 0 bridgehead atoms. The Kier molecular flexibility index (Phi) is 15.0. The maximum atomic E-state index is 14.0. The molecule has 3 amide bonds. The number of nitrogens with one attached hydrogen (secondary N) is 4. The third kappa shape index (κ3) is 11.9. The topological polar surface area (TPSA) is 193 Å². The fourth-order valence-electron chi connectivity index (χ4n) is 7.61. The molecule has 3 aromatic carbocycles. The number of ether oxygens (including phenoxy) is 1. The van der Waals surface area contributed by atoms with Gasteiger partial charge in [-0.1, -0.05) is 86.7 Å². The number of H-pyrrole nitrogens is 1. The lowest BCUT2D eigenvalue weighted by Crippen LogP contribution is -2.53. The van der Waals surface area contributed by atoms with Gasteiger partial charge in [-0.15, -0.1) is 0 Å². The fourth-order valence-corrected chi connectivity index (χ4v) is 7.61. The number of fused-ring (bicyclic) bond motifs is 4. The van der Waals surface area contributed by atoms with E-state index in [9.17, 15) is 45.5 Å². The van der Waals surface area contributed by atoms with Gasteiger partial charge in [0, 0.05) is 23.1 Å². The maximum absolute atomic E-state index is 14.0. The monoisotopic (exact) mass is 845 g/mol. The number of anilines is 1. The Morgan fingerprint density at radius 3 is 2.02 bits per heavy atom. The number of carbonyl (C=O) groups excluding carboxylic acids is 3. The number of carbonyl (C=O) groups is 4. The predicted molar refractivity (Wildman–Crippen MR) is 210 cm³/mol. The lowest BCUT2D eigenvalue weighted by molar-refractivity contribution is -0.192. The summed E-state index contributed by atoms with van der Waals surface area (Å²) in [6.07, 6.45) is -3.92. The van der Waals surface area contributed by atoms with E-state index in [1.54, 1.807) is 0 Å². The van der Waals surface area contributed by atoms with Crippen molar-refractivity contribution >= 4 is 40.5 Å². The van der Waals surface area contributed by atoms with Crippen LogP contribution in [0, 0.1) is 5.92 Å². The van der Waals surface area contributed by atoms with Gasteiger partial charge in [-0.3, -0.25) is 14.4 Å². The number of carboxylic acid groups (broad SMARTS) is 1. The summed E-state index contributed by atoms with van der Waals surface area (Å²) in [4.78, 5) is 64.2. The Bertz CT molecular complexity index is 2180. The van der Waals surface area contributed by atoms with E-state index in [1.807, 2.05) is 48.5 Å². The number of halogens is 6. The summed E-state index contributed by atoms with van der Waals surface area (Å²) in [5, 5.41) is 15.2. The molecule has 7 N–H and O–H groups in total. The van der Waals surface area contributed by atoms with Gasteiger partial charge in [0.15, 0.2) is 0 Å². The SMILES string of the molecule is NCCCC[C@H](NC(=O)[C@H](CC1CCCCC1)NC(=O)OCC1c2ccccc2-c2ccccc21)C(=O)Nc1ccc2c(C(F)(F)F)cc(=O)[nH]c2c1.O=C(O)C(F)(F)F. The number of amides is 3. The van der Waals surface area contributed by atoms with Crippen LogP contribution < -0.4 is 27.2 Å². The Labute approximate surface area is 340 Å². The second kappa shape index (κ2) is 19.9. The van der Waals surface area contributed by atoms with Crippen molar-refractivity contribution in [3.05, 3.63) is 99.8 Å². The molecule has 2 atom stereocenters. The van der Waals surface area contributed by atoms with Gasteiger partial charge in [-0.25, -0.2) is 9.59 Å². The predicted octanol–water partition coefficient (Wildman–Crippen LogP) is 7.61. The summed E-state index contributed by atoms with van der Waals surface area (Å²) >= 11 is 0. The second-order valence-electron chi connectivity index (χ2n) is 14.7. The molecular weight excluding hydrogens is 800 g/mol. The normalized spacial score (nSPS) is 15.1. The summed E-state index contributed by atoms with van der Waals surface area (Å²) < 4.78 is 78.3. The van der Waals surface area contributed by atoms with Crippen molar-refractivity contribution in [1.82, 2.24) is 15.6 Å². The zero-order valence-electron chi connectivity index (χ0n) is 32.3. The summed E-state index contributed by atoms with van der Waals surface area (Å²) in [6.45, 7) is 0.443. The van der Waals surface area contributed by atoms with Gasteiger partial charge in [0.25, 0.3) is 0 Å². The molecule has 0 radical (unpaired) electrons. The zero-order valence-corrected chi connectivity index (χ0v) is 32.3. The number of carboxylic acids is 1. The molecule has 12 nitrogen and oxygen atoms in total. The van der Waals surface area contributed by atoms with E-state index < -0.39 is 59.4 Å². The smallest absolute Gasteiger partial charge is 0.475 e. The molecule has 1 heterocycles. The first-order valence-corrected chi connectivity index (χ1v) is 19.4. The molecule has 1 aromatic heterocycles. The number of benzene rings is 3. The molecule has 1 saturated carbocycles. The molecule has 0 saturated heterocycles. The summed E-state index contributed by atoms with van der Waals surface area (Å²) in [5.41, 5.74) is 8.00. The molecule has 60 heavy (non-hydrogen) atoms. The number of aromatic amines is 1. The summed E-state index contributed by atoms with van der Waals surface area (Å²) in [7, 11) is 0. The third-order valence-corrected chi connectivity index (χ3v) is 10.5. The first-order chi connectivity index (χ1) is 28.5. The van der Waals surface area contributed by atoms with Crippen LogP contribution in [-0.4, -0.2) is 65.4 Å². The number of alkyl carbamates (subject to hydrolysis) is 1. The highest BCUT2D eigenvalue weighted by atomic mass is 19.4. The van der Waals surface area contributed by atoms with Gasteiger partial charge >= 0.3 is 24.4 Å². The Balaban J connectivity index is 0.000000896. The Morgan fingerprint density at radius 2 is 1.43 bits per heavy atom. The molecule has 0 spiro atoms. The lowest BCUT2D eigenvalue weighted by atomic mass is 9.84. The molecule has 4 aromatic rings. The van der Waals surface area contributed by atoms with Crippen LogP contribution in [0.3, 0.4) is 0 Å². The van der Waals surface area contributed by atoms with Crippen molar-refractivity contribution in [3.63, 3.8) is 0 Å². The molecule has 0 aliphatic heterocycles. The zero-order chi connectivity index (χ0) is 43.6. The molecule has 2 aliphatic carbocycles. The van der Waals surface area contributed by atoms with E-state index >= 15 is 0 Å². The number of rotatable bonds is 13. The van der Waals surface area contributed by atoms with E-state index in [2.05, 4.69) is 20.9 Å². The minimum Gasteiger partial charge on any atom is -0.475 e. The summed E-state index contributed by atoms with van der Waals surface area (Å²) in [5.74, 6) is -3.88. The van der Waals surface area contributed by atoms with E-state index in [-0.39, 0.29) is 41.5 Å². The van der Waals surface area contributed by atoms with Crippen molar-refractivity contribution in [1.29, 1.82) is 0 Å². The second-order valence-corrected chi connectivity index (χ2v) is 14.7. The minimum absolute atomic E-state index is 0.0727. The number of aliphatic carboxylic acids is 1. The highest BCUT2D eigenvalue weighted by molar-refractivity contribution is 5.99. The largest absolute Gasteiger partial charge is 0.490 e. The van der Waals surface area contributed by atoms with Crippen molar-refractivity contribution in [2.45, 2.75) is 88.1 Å². The van der Waals surface area contributed by atoms with Crippen molar-refractivity contribution in [2.24, 2.45) is 11.7 Å². The van der Waals surface area contributed by atoms with Crippen molar-refractivity contribution in [2.75, 3.05) is 18.5 Å². The average molecular weight is 846 g/mol. The van der Waals surface area contributed by atoms with Gasteiger partial charge in [0.2, 0.25) is 17.4 Å². The van der Waals surface area contributed by atoms with Crippen LogP contribution in [0.15, 0.2) is 77.6 Å². The number of alkyl halides is 6. The molecule has 18 heteroatoms. The van der Waals surface area contributed by atoms with Crippen molar-refractivity contribution in [3.8, 4) is 11.1 Å².